The first-order valence-corrected chi connectivity index (χ1v) is 47.2. The summed E-state index contributed by atoms with van der Waals surface area (Å²) in [6, 6.07) is 9.71. The van der Waals surface area contributed by atoms with Crippen LogP contribution in [0.2, 0.25) is 0 Å². The van der Waals surface area contributed by atoms with Gasteiger partial charge >= 0.3 is 0 Å². The van der Waals surface area contributed by atoms with Crippen LogP contribution in [0.4, 0.5) is 8.78 Å². The molecule has 9 aliphatic rings. The quantitative estimate of drug-likeness (QED) is 0.103. The molecule has 6 aromatic heterocycles. The van der Waals surface area contributed by atoms with Gasteiger partial charge in [-0.25, -0.2) is 38.7 Å². The zero-order valence-corrected chi connectivity index (χ0v) is 76.6. The molecule has 28 heteroatoms. The minimum absolute atomic E-state index is 0.00368. The Kier molecular flexibility index (Phi) is 26.0. The maximum Gasteiger partial charge on any atom is 0.275 e. The second kappa shape index (κ2) is 36.7. The van der Waals surface area contributed by atoms with Crippen molar-refractivity contribution in [3.8, 4) is 33.4 Å². The van der Waals surface area contributed by atoms with Crippen LogP contribution in [-0.4, -0.2) is 174 Å². The van der Waals surface area contributed by atoms with Crippen molar-refractivity contribution >= 4 is 96.7 Å². The maximum absolute atomic E-state index is 16.3. The van der Waals surface area contributed by atoms with Gasteiger partial charge in [0, 0.05) is 165 Å². The summed E-state index contributed by atoms with van der Waals surface area (Å²) in [5, 5.41) is 15.6. The van der Waals surface area contributed by atoms with Crippen LogP contribution in [0.15, 0.2) is 73.6 Å². The predicted octanol–water partition coefficient (Wildman–Crippen LogP) is 17.6. The highest BCUT2D eigenvalue weighted by atomic mass is 19.3. The molecule has 0 N–H and O–H groups in total. The van der Waals surface area contributed by atoms with Gasteiger partial charge in [0.2, 0.25) is 17.7 Å². The van der Waals surface area contributed by atoms with E-state index in [2.05, 4.69) is 61.0 Å². The Morgan fingerprint density at radius 3 is 1.09 bits per heavy atom. The van der Waals surface area contributed by atoms with Crippen LogP contribution in [0.1, 0.15) is 314 Å². The monoisotopic (exact) mass is 1760 g/mol. The third-order valence-corrected chi connectivity index (χ3v) is 29.9. The summed E-state index contributed by atoms with van der Waals surface area (Å²) in [6.45, 7) is 19.0. The number of alkyl halides is 2. The van der Waals surface area contributed by atoms with E-state index >= 15 is 8.78 Å². The molecular weight excluding hydrogens is 1640 g/mol. The molecule has 26 nitrogen and oxygen atoms in total. The summed E-state index contributed by atoms with van der Waals surface area (Å²) in [7, 11) is 0. The second-order valence-corrected chi connectivity index (χ2v) is 39.1. The van der Waals surface area contributed by atoms with Crippen molar-refractivity contribution in [3.05, 3.63) is 125 Å². The van der Waals surface area contributed by atoms with Gasteiger partial charge in [-0.1, -0.05) is 92.4 Å². The number of piperidine rings is 3. The van der Waals surface area contributed by atoms with Crippen molar-refractivity contribution in [1.82, 2.24) is 73.9 Å². The highest BCUT2D eigenvalue weighted by Crippen LogP contribution is 2.65. The molecule has 6 aliphatic heterocycles. The number of hydrogen-bond donors (Lipinski definition) is 0. The Morgan fingerprint density at radius 2 is 0.698 bits per heavy atom. The molecule has 3 saturated carbocycles. The number of aryl methyl sites for hydroxylation is 5. The molecule has 9 atom stereocenters. The van der Waals surface area contributed by atoms with Crippen LogP contribution in [0.3, 0.4) is 0 Å². The molecule has 3 aromatic carbocycles. The van der Waals surface area contributed by atoms with Crippen molar-refractivity contribution in [1.29, 1.82) is 0 Å². The first kappa shape index (κ1) is 91.3. The van der Waals surface area contributed by atoms with Gasteiger partial charge in [0.15, 0.2) is 34.7 Å². The molecule has 3 amide bonds. The summed E-state index contributed by atoms with van der Waals surface area (Å²) < 4.78 is 37.2. The first-order valence-electron chi connectivity index (χ1n) is 47.2. The van der Waals surface area contributed by atoms with E-state index < -0.39 is 48.1 Å². The second-order valence-electron chi connectivity index (χ2n) is 39.1. The molecule has 6 fully saturated rings. The van der Waals surface area contributed by atoms with Crippen LogP contribution in [0.25, 0.3) is 66.1 Å². The predicted molar refractivity (Wildman–Crippen MR) is 483 cm³/mol. The van der Waals surface area contributed by atoms with Crippen molar-refractivity contribution < 1.29 is 61.5 Å². The molecule has 0 spiro atoms. The van der Waals surface area contributed by atoms with E-state index in [4.69, 9.17) is 10.2 Å². The van der Waals surface area contributed by atoms with Crippen molar-refractivity contribution in [3.63, 3.8) is 0 Å². The third-order valence-electron chi connectivity index (χ3n) is 29.9. The van der Waals surface area contributed by atoms with E-state index in [-0.39, 0.29) is 141 Å². The SMILES string of the molecule is CCC(=O)[C@@H]1C[C@]23CCC(=O)C(C)(C)CCCCCc4cc(-c5cnc(C)nc5)cc5c(C(C)=O)nn(c45)CC(=O)N1[C@@H]2C3.CCC(=O)[C@@H]1C[C@]23CCC(=O)CCCCCC(F)(F)c4cc(-c5cnc(C)nc5)cc5c(C(C)=O)nn(c45)CC(=O)N1[C@@H]2C3.CCC(=O)[C@@H]1C[C@]23CCCCCCCCCc4cc(-c5cnc(C)nc5)cc5c(C(C)=O)nn(c45)CC(=O)N1[C@@H]2C3. The number of aromatic nitrogens is 12. The van der Waals surface area contributed by atoms with Crippen LogP contribution in [0.5, 0.6) is 0 Å². The fourth-order valence-corrected chi connectivity index (χ4v) is 22.3. The standard InChI is InChI=1S/C35H43N5O4.C33H37F2N5O4.C33H41N5O3/c1-6-28(42)27-16-35-13-11-30(43)34(4,5)12-9-7-8-10-23-14-24(25-18-36-22(3)37-19-25)15-26-32(21(2)41)38-39(33(23)26)20-31(44)40(27)29(35)17-35;1-4-27(43)26-14-32-11-9-23(42)8-6-5-7-10-33(34,35)25-13-21(22-16-36-20(3)37-17-22)12-24-30(19(2)41)38-39(31(24)25)18-29(44)40(26)28(32)15-32;1-4-28(40)27-16-33-13-11-9-7-5-6-8-10-12-23-14-24(25-18-34-22(3)35-19-25)15-26-31(21(2)39)36-37(32(23)26)20-30(41)38(27)29(33)17-33/h14-15,18-19,27,29H,6-13,16-17,20H2,1-5H3;12-13,16-17,26,28H,4-11,14-15,18H2,1-3H3;14-15,18-19,27,29H,4-13,16-17,20H2,1-3H3/t27-,29+,35-;26-,28+,32-;27-,29+,33-/m000/s1. The Bertz CT molecular complexity index is 5950. The molecule has 3 saturated heterocycles. The number of Topliss-reactive ketones (excluding diaryl/α,β-unsaturated/α-hetero) is 8. The van der Waals surface area contributed by atoms with Gasteiger partial charge in [0.1, 0.15) is 65.8 Å². The minimum atomic E-state index is -3.33. The van der Waals surface area contributed by atoms with Gasteiger partial charge in [0.25, 0.3) is 5.92 Å². The van der Waals surface area contributed by atoms with Crippen molar-refractivity contribution in [2.24, 2.45) is 21.7 Å². The molecule has 680 valence electrons. The summed E-state index contributed by atoms with van der Waals surface area (Å²) in [5.74, 6) is -2.22. The number of ketones is 8. The average molecular weight is 1760 g/mol. The number of benzene rings is 3. The number of carbonyl (C=O) groups excluding carboxylic acids is 11. The lowest BCUT2D eigenvalue weighted by molar-refractivity contribution is -0.139. The fraction of sp³-hybridized carbons (Fsp3) is 0.564. The van der Waals surface area contributed by atoms with Gasteiger partial charge in [-0.2, -0.15) is 15.3 Å². The van der Waals surface area contributed by atoms with Crippen LogP contribution >= 0.6 is 0 Å². The Morgan fingerprint density at radius 1 is 0.372 bits per heavy atom. The highest BCUT2D eigenvalue weighted by Gasteiger charge is 2.69. The Balaban J connectivity index is 0.000000142. The third kappa shape index (κ3) is 18.4. The fourth-order valence-electron chi connectivity index (χ4n) is 22.3. The normalized spacial score (nSPS) is 25.4. The summed E-state index contributed by atoms with van der Waals surface area (Å²) >= 11 is 0. The molecule has 0 radical (unpaired) electrons. The Labute approximate surface area is 751 Å². The van der Waals surface area contributed by atoms with E-state index in [0.717, 1.165) is 127 Å². The molecular formula is C101H121F2N15O11. The summed E-state index contributed by atoms with van der Waals surface area (Å²) in [6.07, 6.45) is 33.6. The van der Waals surface area contributed by atoms with Gasteiger partial charge in [-0.05, 0) is 204 Å². The van der Waals surface area contributed by atoms with Crippen molar-refractivity contribution in [2.75, 3.05) is 0 Å². The summed E-state index contributed by atoms with van der Waals surface area (Å²) in [4.78, 5) is 177. The number of rotatable bonds is 12. The number of amides is 3. The Hall–Kier alpha value is -11.1. The zero-order chi connectivity index (χ0) is 91.5. The lowest BCUT2D eigenvalue weighted by atomic mass is 9.79. The molecule has 12 heterocycles. The van der Waals surface area contributed by atoms with Crippen molar-refractivity contribution in [2.45, 2.75) is 343 Å². The van der Waals surface area contributed by atoms with Crippen LogP contribution < -0.4 is 0 Å². The minimum Gasteiger partial charge on any atom is -0.327 e. The molecule has 9 aromatic rings. The van der Waals surface area contributed by atoms with E-state index in [1.165, 1.54) is 63.6 Å². The smallest absolute Gasteiger partial charge is 0.275 e. The number of hydrogen-bond acceptors (Lipinski definition) is 20. The van der Waals surface area contributed by atoms with E-state index in [1.54, 1.807) is 63.9 Å². The van der Waals surface area contributed by atoms with Crippen LogP contribution in [-0.2, 0) is 76.8 Å². The molecule has 3 aliphatic carbocycles. The topological polar surface area (TPSA) is 328 Å². The van der Waals surface area contributed by atoms with Crippen LogP contribution in [0, 0.1) is 42.4 Å². The average Bonchev–Trinajstić information content (AvgIpc) is 1.54. The number of carbonyl (C=O) groups is 11. The van der Waals surface area contributed by atoms with Gasteiger partial charge in [0.05, 0.1) is 34.7 Å². The molecule has 6 bridgehead atoms. The summed E-state index contributed by atoms with van der Waals surface area (Å²) in [5.41, 5.74) is 7.89. The molecule has 18 rings (SSSR count). The number of nitrogens with zero attached hydrogens (tertiary/aromatic N) is 15. The van der Waals surface area contributed by atoms with Gasteiger partial charge in [-0.3, -0.25) is 66.8 Å². The lowest BCUT2D eigenvalue weighted by Crippen LogP contribution is -2.44. The zero-order valence-electron chi connectivity index (χ0n) is 76.6. The first-order chi connectivity index (χ1) is 61.7. The van der Waals surface area contributed by atoms with E-state index in [9.17, 15) is 52.7 Å². The molecule has 0 unspecified atom stereocenters. The molecule has 129 heavy (non-hydrogen) atoms. The largest absolute Gasteiger partial charge is 0.327 e. The number of halogens is 2. The van der Waals surface area contributed by atoms with Gasteiger partial charge < -0.3 is 14.7 Å². The highest BCUT2D eigenvalue weighted by molar-refractivity contribution is 6.10. The lowest BCUT2D eigenvalue weighted by Gasteiger charge is -2.27. The maximum atomic E-state index is 16.3. The van der Waals surface area contributed by atoms with E-state index in [1.807, 2.05) is 57.1 Å². The van der Waals surface area contributed by atoms with E-state index in [0.29, 0.717) is 122 Å². The van der Waals surface area contributed by atoms with Gasteiger partial charge in [-0.15, -0.1) is 0 Å².